The van der Waals surface area contributed by atoms with Crippen LogP contribution in [-0.4, -0.2) is 41.5 Å². The van der Waals surface area contributed by atoms with E-state index in [4.69, 9.17) is 11.6 Å². The second-order valence-corrected chi connectivity index (χ2v) is 7.40. The van der Waals surface area contributed by atoms with E-state index < -0.39 is 5.60 Å². The zero-order chi connectivity index (χ0) is 18.0. The van der Waals surface area contributed by atoms with E-state index in [1.54, 1.807) is 38.2 Å². The fourth-order valence-electron chi connectivity index (χ4n) is 2.96. The van der Waals surface area contributed by atoms with Crippen LogP contribution in [0.15, 0.2) is 29.3 Å². The second kappa shape index (κ2) is 7.11. The summed E-state index contributed by atoms with van der Waals surface area (Å²) in [5.41, 5.74) is -0.579. The molecule has 132 valence electrons. The third-order valence-electron chi connectivity index (χ3n) is 4.99. The number of hydrogen-bond acceptors (Lipinski definition) is 3. The van der Waals surface area contributed by atoms with Crippen LogP contribution in [-0.2, 0) is 10.4 Å². The first-order valence-electron chi connectivity index (χ1n) is 8.17. The van der Waals surface area contributed by atoms with Crippen molar-refractivity contribution in [2.75, 3.05) is 14.1 Å². The van der Waals surface area contributed by atoms with Crippen LogP contribution in [0.2, 0.25) is 5.02 Å². The number of aliphatic hydroxyl groups is 1. The number of halogens is 1. The first-order valence-corrected chi connectivity index (χ1v) is 8.55. The van der Waals surface area contributed by atoms with E-state index in [1.165, 1.54) is 6.42 Å². The van der Waals surface area contributed by atoms with E-state index in [9.17, 15) is 9.90 Å². The largest absolute Gasteiger partial charge is 0.385 e. The second-order valence-electron chi connectivity index (χ2n) is 6.96. The number of benzene rings is 1. The van der Waals surface area contributed by atoms with Crippen LogP contribution in [0.4, 0.5) is 0 Å². The third kappa shape index (κ3) is 4.08. The van der Waals surface area contributed by atoms with Crippen LogP contribution in [0.25, 0.3) is 0 Å². The van der Waals surface area contributed by atoms with Crippen molar-refractivity contribution in [1.82, 2.24) is 10.2 Å². The van der Waals surface area contributed by atoms with Gasteiger partial charge in [-0.3, -0.25) is 15.1 Å². The predicted molar refractivity (Wildman–Crippen MR) is 97.2 cm³/mol. The lowest BCUT2D eigenvalue weighted by molar-refractivity contribution is -0.124. The molecule has 1 aromatic carbocycles. The highest BCUT2D eigenvalue weighted by molar-refractivity contribution is 6.30. The Labute approximate surface area is 148 Å². The summed E-state index contributed by atoms with van der Waals surface area (Å²) in [4.78, 5) is 18.6. The maximum absolute atomic E-state index is 12.4. The number of amides is 1. The fraction of sp³-hybridized carbons (Fsp3) is 0.556. The van der Waals surface area contributed by atoms with Crippen LogP contribution in [0.1, 0.15) is 45.1 Å². The van der Waals surface area contributed by atoms with Gasteiger partial charge in [0.05, 0.1) is 12.0 Å². The number of hydrogen-bond donors (Lipinski definition) is 2. The normalized spacial score (nSPS) is 19.2. The van der Waals surface area contributed by atoms with Crippen molar-refractivity contribution < 1.29 is 9.90 Å². The molecule has 1 fully saturated rings. The van der Waals surface area contributed by atoms with Crippen LogP contribution < -0.4 is 5.32 Å². The Morgan fingerprint density at radius 2 is 2.00 bits per heavy atom. The summed E-state index contributed by atoms with van der Waals surface area (Å²) in [6, 6.07) is 6.86. The van der Waals surface area contributed by atoms with Crippen molar-refractivity contribution >= 4 is 23.5 Å². The van der Waals surface area contributed by atoms with E-state index >= 15 is 0 Å². The first kappa shape index (κ1) is 18.7. The number of nitrogens with one attached hydrogen (secondary N) is 1. The molecule has 2 rings (SSSR count). The number of guanidine groups is 1. The Kier molecular flexibility index (Phi) is 5.56. The fourth-order valence-corrected chi connectivity index (χ4v) is 3.09. The van der Waals surface area contributed by atoms with E-state index in [0.717, 1.165) is 12.8 Å². The Bertz CT molecular complexity index is 622. The topological polar surface area (TPSA) is 64.9 Å². The zero-order valence-corrected chi connectivity index (χ0v) is 15.5. The summed E-state index contributed by atoms with van der Waals surface area (Å²) in [6.07, 6.45) is 3.30. The first-order chi connectivity index (χ1) is 11.2. The molecule has 5 nitrogen and oxygen atoms in total. The van der Waals surface area contributed by atoms with Gasteiger partial charge in [-0.2, -0.15) is 0 Å². The SMILES string of the molecule is CN=C(NC(=O)CC(C)(O)c1ccc(Cl)cc1)N(C)C1(C)CCC1. The molecular weight excluding hydrogens is 326 g/mol. The van der Waals surface area contributed by atoms with Crippen molar-refractivity contribution in [2.45, 2.75) is 50.7 Å². The third-order valence-corrected chi connectivity index (χ3v) is 5.24. The lowest BCUT2D eigenvalue weighted by Gasteiger charge is -2.47. The molecule has 0 heterocycles. The molecule has 1 aliphatic rings. The average molecular weight is 352 g/mol. The number of carbonyl (C=O) groups excluding carboxylic acids is 1. The van der Waals surface area contributed by atoms with Gasteiger partial charge in [-0.05, 0) is 50.8 Å². The van der Waals surface area contributed by atoms with Crippen molar-refractivity contribution in [3.63, 3.8) is 0 Å². The molecule has 0 radical (unpaired) electrons. The minimum atomic E-state index is -1.27. The smallest absolute Gasteiger partial charge is 0.229 e. The summed E-state index contributed by atoms with van der Waals surface area (Å²) in [6.45, 7) is 3.78. The van der Waals surface area contributed by atoms with E-state index in [-0.39, 0.29) is 17.9 Å². The van der Waals surface area contributed by atoms with Crippen LogP contribution >= 0.6 is 11.6 Å². The summed E-state index contributed by atoms with van der Waals surface area (Å²) in [7, 11) is 3.60. The number of carbonyl (C=O) groups is 1. The lowest BCUT2D eigenvalue weighted by atomic mass is 9.77. The zero-order valence-electron chi connectivity index (χ0n) is 14.8. The minimum Gasteiger partial charge on any atom is -0.385 e. The van der Waals surface area contributed by atoms with Gasteiger partial charge in [0.15, 0.2) is 0 Å². The van der Waals surface area contributed by atoms with Gasteiger partial charge in [-0.15, -0.1) is 0 Å². The van der Waals surface area contributed by atoms with Crippen molar-refractivity contribution in [2.24, 2.45) is 4.99 Å². The van der Waals surface area contributed by atoms with Crippen LogP contribution in [0.3, 0.4) is 0 Å². The highest BCUT2D eigenvalue weighted by Gasteiger charge is 2.38. The summed E-state index contributed by atoms with van der Waals surface area (Å²) in [5.74, 6) is 0.263. The summed E-state index contributed by atoms with van der Waals surface area (Å²) < 4.78 is 0. The van der Waals surface area contributed by atoms with Crippen LogP contribution in [0, 0.1) is 0 Å². The van der Waals surface area contributed by atoms with Gasteiger partial charge in [-0.25, -0.2) is 0 Å². The van der Waals surface area contributed by atoms with Gasteiger partial charge in [0, 0.05) is 24.7 Å². The molecule has 0 spiro atoms. The maximum Gasteiger partial charge on any atom is 0.229 e. The van der Waals surface area contributed by atoms with Crippen molar-refractivity contribution in [3.05, 3.63) is 34.9 Å². The van der Waals surface area contributed by atoms with E-state index in [1.807, 2.05) is 11.9 Å². The van der Waals surface area contributed by atoms with Gasteiger partial charge >= 0.3 is 0 Å². The quantitative estimate of drug-likeness (QED) is 0.647. The van der Waals surface area contributed by atoms with Crippen LogP contribution in [0.5, 0.6) is 0 Å². The van der Waals surface area contributed by atoms with E-state index in [2.05, 4.69) is 17.2 Å². The predicted octanol–water partition coefficient (Wildman–Crippen LogP) is 2.91. The molecular formula is C18H26ClN3O2. The monoisotopic (exact) mass is 351 g/mol. The highest BCUT2D eigenvalue weighted by atomic mass is 35.5. The van der Waals surface area contributed by atoms with Crippen molar-refractivity contribution in [1.29, 1.82) is 0 Å². The number of aliphatic imine (C=N–C) groups is 1. The van der Waals surface area contributed by atoms with Gasteiger partial charge in [0.2, 0.25) is 11.9 Å². The maximum atomic E-state index is 12.4. The average Bonchev–Trinajstić information content (AvgIpc) is 2.49. The number of nitrogens with zero attached hydrogens (tertiary/aromatic N) is 2. The van der Waals surface area contributed by atoms with Gasteiger partial charge in [0.25, 0.3) is 0 Å². The molecule has 1 unspecified atom stereocenters. The summed E-state index contributed by atoms with van der Waals surface area (Å²) in [5, 5.41) is 14.1. The molecule has 0 aromatic heterocycles. The Hall–Kier alpha value is -1.59. The van der Waals surface area contributed by atoms with Gasteiger partial charge in [-0.1, -0.05) is 23.7 Å². The Morgan fingerprint density at radius 3 is 2.46 bits per heavy atom. The molecule has 1 amide bonds. The molecule has 0 bridgehead atoms. The molecule has 1 atom stereocenters. The molecule has 0 aliphatic heterocycles. The number of rotatable bonds is 4. The molecule has 2 N–H and O–H groups in total. The summed E-state index contributed by atoms with van der Waals surface area (Å²) >= 11 is 5.87. The molecule has 1 saturated carbocycles. The molecule has 0 saturated heterocycles. The standard InChI is InChI=1S/C18H26ClN3O2/c1-17(10-5-11-17)22(4)16(20-3)21-15(23)12-18(2,24)13-6-8-14(19)9-7-13/h6-9,24H,5,10-12H2,1-4H3,(H,20,21,23). The lowest BCUT2D eigenvalue weighted by Crippen LogP contribution is -2.56. The molecule has 24 heavy (non-hydrogen) atoms. The minimum absolute atomic E-state index is 0.0425. The molecule has 1 aromatic rings. The van der Waals surface area contributed by atoms with Crippen molar-refractivity contribution in [3.8, 4) is 0 Å². The Balaban J connectivity index is 2.02. The van der Waals surface area contributed by atoms with E-state index in [0.29, 0.717) is 16.5 Å². The van der Waals surface area contributed by atoms with Gasteiger partial charge < -0.3 is 10.0 Å². The molecule has 1 aliphatic carbocycles. The Morgan fingerprint density at radius 1 is 1.42 bits per heavy atom. The van der Waals surface area contributed by atoms with Gasteiger partial charge in [0.1, 0.15) is 0 Å². The highest BCUT2D eigenvalue weighted by Crippen LogP contribution is 2.36. The molecule has 6 heteroatoms.